The molecule has 3 heteroatoms. The van der Waals surface area contributed by atoms with Crippen LogP contribution in [0.2, 0.25) is 0 Å². The Hall–Kier alpha value is 0.730. The highest BCUT2D eigenvalue weighted by molar-refractivity contribution is 9.10. The molecular weight excluding hydrogens is 155 g/mol. The van der Waals surface area contributed by atoms with Gasteiger partial charge in [0.1, 0.15) is 6.61 Å². The third kappa shape index (κ3) is 1.07. The fourth-order valence-electron chi connectivity index (χ4n) is 0.0546. The van der Waals surface area contributed by atoms with E-state index < -0.39 is 3.97 Å². The van der Waals surface area contributed by atoms with Crippen molar-refractivity contribution in [3.05, 3.63) is 0 Å². The first-order valence-corrected chi connectivity index (χ1v) is 2.40. The Labute approximate surface area is 43.4 Å². The second-order valence-corrected chi connectivity index (χ2v) is 3.27. The normalized spacial score (nSPS) is 49.2. The number of rotatable bonds is 0. The fraction of sp³-hybridized carbons (Fsp3) is 1.00. The monoisotopic (exact) mass is 156 g/mol. The van der Waals surface area contributed by atoms with Crippen molar-refractivity contribution in [2.45, 2.75) is 3.97 Å². The summed E-state index contributed by atoms with van der Waals surface area (Å²) < 4.78 is 4.11. The molecule has 1 unspecified atom stereocenters. The Morgan fingerprint density at radius 3 is 2.20 bits per heavy atom. The molecule has 30 valence electrons. The van der Waals surface area contributed by atoms with Crippen molar-refractivity contribution in [3.63, 3.8) is 0 Å². The molecule has 0 aromatic carbocycles. The van der Waals surface area contributed by atoms with Crippen LogP contribution in [0.15, 0.2) is 0 Å². The third-order valence-electron chi connectivity index (χ3n) is 0.363. The number of epoxide rings is 1. The lowest BCUT2D eigenvalue weighted by atomic mass is 11.0. The standard InChI is InChI=1S/C2H2BrClO/c3-2(4)1-5-2/h1H2. The molecule has 0 aromatic heterocycles. The minimum atomic E-state index is -0.465. The maximum absolute atomic E-state index is 5.34. The zero-order valence-electron chi connectivity index (χ0n) is 2.37. The zero-order chi connectivity index (χ0) is 3.91. The van der Waals surface area contributed by atoms with Crippen LogP contribution in [0, 0.1) is 0 Å². The van der Waals surface area contributed by atoms with Gasteiger partial charge in [0, 0.05) is 0 Å². The van der Waals surface area contributed by atoms with Crippen LogP contribution in [0.3, 0.4) is 0 Å². The lowest BCUT2D eigenvalue weighted by Crippen LogP contribution is -1.76. The van der Waals surface area contributed by atoms with E-state index >= 15 is 0 Å². The molecular formula is C2H2BrClO. The maximum Gasteiger partial charge on any atom is 0.221 e. The van der Waals surface area contributed by atoms with Crippen molar-refractivity contribution >= 4 is 27.5 Å². The first-order valence-electron chi connectivity index (χ1n) is 1.22. The Kier molecular flexibility index (Phi) is 0.674. The van der Waals surface area contributed by atoms with Crippen molar-refractivity contribution in [3.8, 4) is 0 Å². The number of hydrogen-bond acceptors (Lipinski definition) is 1. The van der Waals surface area contributed by atoms with Crippen LogP contribution in [0.1, 0.15) is 0 Å². The van der Waals surface area contributed by atoms with E-state index in [-0.39, 0.29) is 0 Å². The van der Waals surface area contributed by atoms with Crippen LogP contribution in [-0.4, -0.2) is 10.6 Å². The minimum Gasteiger partial charge on any atom is -0.343 e. The lowest BCUT2D eigenvalue weighted by Gasteiger charge is -1.74. The maximum atomic E-state index is 5.34. The molecule has 0 N–H and O–H groups in total. The van der Waals surface area contributed by atoms with Gasteiger partial charge in [0.15, 0.2) is 0 Å². The van der Waals surface area contributed by atoms with E-state index in [2.05, 4.69) is 20.7 Å². The highest BCUT2D eigenvalue weighted by atomic mass is 79.9. The van der Waals surface area contributed by atoms with Crippen LogP contribution in [0.5, 0.6) is 0 Å². The summed E-state index contributed by atoms with van der Waals surface area (Å²) in [4.78, 5) is 0. The van der Waals surface area contributed by atoms with Gasteiger partial charge in [-0.25, -0.2) is 0 Å². The van der Waals surface area contributed by atoms with Crippen LogP contribution in [0.25, 0.3) is 0 Å². The average Bonchev–Trinajstić information content (AvgIpc) is 1.76. The molecule has 1 heterocycles. The van der Waals surface area contributed by atoms with Gasteiger partial charge < -0.3 is 4.74 Å². The SMILES string of the molecule is ClC1(Br)CO1. The molecule has 1 nitrogen and oxygen atoms in total. The molecule has 0 spiro atoms. The fourth-order valence-corrected chi connectivity index (χ4v) is 0.224. The van der Waals surface area contributed by atoms with E-state index in [1.54, 1.807) is 0 Å². The van der Waals surface area contributed by atoms with Gasteiger partial charge in [0.05, 0.1) is 0 Å². The first-order chi connectivity index (χ1) is 2.21. The smallest absolute Gasteiger partial charge is 0.221 e. The van der Waals surface area contributed by atoms with Gasteiger partial charge in [-0.05, 0) is 15.9 Å². The van der Waals surface area contributed by atoms with Crippen LogP contribution >= 0.6 is 27.5 Å². The quantitative estimate of drug-likeness (QED) is 0.381. The summed E-state index contributed by atoms with van der Waals surface area (Å²) in [7, 11) is 0. The Morgan fingerprint density at radius 1 is 2.00 bits per heavy atom. The van der Waals surface area contributed by atoms with Gasteiger partial charge >= 0.3 is 0 Å². The van der Waals surface area contributed by atoms with Gasteiger partial charge in [-0.15, -0.1) is 0 Å². The molecule has 0 amide bonds. The number of halogens is 2. The lowest BCUT2D eigenvalue weighted by molar-refractivity contribution is 0.445. The average molecular weight is 157 g/mol. The van der Waals surface area contributed by atoms with E-state index in [4.69, 9.17) is 11.6 Å². The second kappa shape index (κ2) is 0.863. The van der Waals surface area contributed by atoms with Crippen molar-refractivity contribution in [2.24, 2.45) is 0 Å². The topological polar surface area (TPSA) is 12.5 Å². The van der Waals surface area contributed by atoms with Gasteiger partial charge in [-0.1, -0.05) is 11.6 Å². The summed E-state index contributed by atoms with van der Waals surface area (Å²) in [6.45, 7) is 0.633. The predicted octanol–water partition coefficient (Wildman–Crippen LogP) is 1.30. The van der Waals surface area contributed by atoms with E-state index in [0.29, 0.717) is 6.61 Å². The van der Waals surface area contributed by atoms with Gasteiger partial charge in [0.25, 0.3) is 0 Å². The summed E-state index contributed by atoms with van der Waals surface area (Å²) >= 11 is 8.36. The Bertz CT molecular complexity index is 47.6. The molecule has 5 heavy (non-hydrogen) atoms. The molecule has 1 fully saturated rings. The molecule has 0 aromatic rings. The molecule has 0 saturated carbocycles. The van der Waals surface area contributed by atoms with Gasteiger partial charge in [-0.3, -0.25) is 0 Å². The van der Waals surface area contributed by atoms with Crippen molar-refractivity contribution < 1.29 is 4.74 Å². The molecule has 0 bridgehead atoms. The highest BCUT2D eigenvalue weighted by Crippen LogP contribution is 2.37. The van der Waals surface area contributed by atoms with Crippen LogP contribution < -0.4 is 0 Å². The van der Waals surface area contributed by atoms with Crippen molar-refractivity contribution in [1.82, 2.24) is 0 Å². The zero-order valence-corrected chi connectivity index (χ0v) is 4.71. The second-order valence-electron chi connectivity index (χ2n) is 0.926. The van der Waals surface area contributed by atoms with Crippen LogP contribution in [0.4, 0.5) is 0 Å². The first kappa shape index (κ1) is 3.90. The third-order valence-corrected chi connectivity index (χ3v) is 1.04. The number of ether oxygens (including phenoxy) is 1. The predicted molar refractivity (Wildman–Crippen MR) is 23.5 cm³/mol. The largest absolute Gasteiger partial charge is 0.343 e. The van der Waals surface area contributed by atoms with E-state index in [1.807, 2.05) is 0 Å². The van der Waals surface area contributed by atoms with Gasteiger partial charge in [-0.2, -0.15) is 0 Å². The minimum absolute atomic E-state index is 0.465. The summed E-state index contributed by atoms with van der Waals surface area (Å²) in [5.41, 5.74) is 0. The Balaban J connectivity index is 2.38. The van der Waals surface area contributed by atoms with Gasteiger partial charge in [0.2, 0.25) is 3.97 Å². The summed E-state index contributed by atoms with van der Waals surface area (Å²) in [6, 6.07) is 0. The van der Waals surface area contributed by atoms with E-state index in [0.717, 1.165) is 0 Å². The van der Waals surface area contributed by atoms with E-state index in [1.165, 1.54) is 0 Å². The summed E-state index contributed by atoms with van der Waals surface area (Å²) in [6.07, 6.45) is 0. The molecule has 0 aliphatic carbocycles. The van der Waals surface area contributed by atoms with E-state index in [9.17, 15) is 0 Å². The molecule has 1 saturated heterocycles. The summed E-state index contributed by atoms with van der Waals surface area (Å²) in [5.74, 6) is 0. The van der Waals surface area contributed by atoms with Crippen molar-refractivity contribution in [2.75, 3.05) is 6.61 Å². The molecule has 0 radical (unpaired) electrons. The molecule has 1 atom stereocenters. The molecule has 1 rings (SSSR count). The molecule has 1 aliphatic rings. The Morgan fingerprint density at radius 2 is 2.20 bits per heavy atom. The number of hydrogen-bond donors (Lipinski definition) is 0. The highest BCUT2D eigenvalue weighted by Gasteiger charge is 2.39. The van der Waals surface area contributed by atoms with Crippen LogP contribution in [-0.2, 0) is 4.74 Å². The van der Waals surface area contributed by atoms with Crippen molar-refractivity contribution in [1.29, 1.82) is 0 Å². The number of alkyl halides is 2. The molecule has 1 aliphatic heterocycles. The summed E-state index contributed by atoms with van der Waals surface area (Å²) in [5, 5.41) is 0.